The van der Waals surface area contributed by atoms with Crippen LogP contribution in [0.1, 0.15) is 90.9 Å². The van der Waals surface area contributed by atoms with Crippen molar-refractivity contribution in [2.24, 2.45) is 0 Å². The first kappa shape index (κ1) is 21.8. The number of allylic oxidation sites excluding steroid dienone is 4. The summed E-state index contributed by atoms with van der Waals surface area (Å²) >= 11 is 0. The summed E-state index contributed by atoms with van der Waals surface area (Å²) in [5.41, 5.74) is 0. The maximum absolute atomic E-state index is 5.58. The van der Waals surface area contributed by atoms with Crippen molar-refractivity contribution in [2.75, 3.05) is 0 Å². The largest absolute Gasteiger partial charge is 0.459 e. The highest BCUT2D eigenvalue weighted by atomic mass is 16.5. The van der Waals surface area contributed by atoms with Crippen molar-refractivity contribution in [1.82, 2.24) is 0 Å². The molecule has 0 heterocycles. The van der Waals surface area contributed by atoms with Crippen molar-refractivity contribution in [1.29, 1.82) is 0 Å². The van der Waals surface area contributed by atoms with Crippen molar-refractivity contribution in [2.45, 2.75) is 90.9 Å². The van der Waals surface area contributed by atoms with Gasteiger partial charge in [0.05, 0.1) is 0 Å². The maximum Gasteiger partial charge on any atom is 0.119 e. The van der Waals surface area contributed by atoms with Crippen LogP contribution in [-0.4, -0.2) is 0 Å². The summed E-state index contributed by atoms with van der Waals surface area (Å²) in [6.45, 7) is 12.3. The highest BCUT2D eigenvalue weighted by Gasteiger charge is 1.93. The van der Waals surface area contributed by atoms with Gasteiger partial charge in [0.15, 0.2) is 0 Å². The first-order valence-electron chi connectivity index (χ1n) is 9.59. The average molecular weight is 319 g/mol. The first-order chi connectivity index (χ1) is 11.2. The Morgan fingerprint density at radius 2 is 1.04 bits per heavy atom. The molecule has 1 heteroatoms. The van der Waals surface area contributed by atoms with E-state index < -0.39 is 0 Å². The summed E-state index contributed by atoms with van der Waals surface area (Å²) in [6, 6.07) is 0. The number of rotatable bonds is 16. The minimum absolute atomic E-state index is 0.677. The molecule has 0 aromatic heterocycles. The second-order valence-electron chi connectivity index (χ2n) is 6.25. The van der Waals surface area contributed by atoms with Gasteiger partial charge in [0, 0.05) is 0 Å². The van der Waals surface area contributed by atoms with Gasteiger partial charge in [0.2, 0.25) is 0 Å². The van der Waals surface area contributed by atoms with Gasteiger partial charge < -0.3 is 4.74 Å². The normalized spacial score (nSPS) is 11.4. The lowest BCUT2D eigenvalue weighted by Crippen LogP contribution is -1.85. The number of ether oxygens (including phenoxy) is 1. The second-order valence-corrected chi connectivity index (χ2v) is 6.25. The Kier molecular flexibility index (Phi) is 16.2. The Hall–Kier alpha value is -1.24. The molecule has 0 fully saturated rings. The minimum Gasteiger partial charge on any atom is -0.459 e. The third-order valence-corrected chi connectivity index (χ3v) is 3.82. The van der Waals surface area contributed by atoms with Crippen LogP contribution in [0, 0.1) is 0 Å². The lowest BCUT2D eigenvalue weighted by atomic mass is 10.1. The number of hydrogen-bond donors (Lipinski definition) is 0. The second kappa shape index (κ2) is 17.1. The van der Waals surface area contributed by atoms with Crippen LogP contribution >= 0.6 is 0 Å². The highest BCUT2D eigenvalue weighted by Crippen LogP contribution is 2.10. The van der Waals surface area contributed by atoms with Gasteiger partial charge in [-0.1, -0.05) is 90.5 Å². The van der Waals surface area contributed by atoms with E-state index in [4.69, 9.17) is 4.74 Å². The molecule has 0 spiro atoms. The average Bonchev–Trinajstić information content (AvgIpc) is 2.53. The molecule has 0 aliphatic rings. The molecule has 0 amide bonds. The predicted molar refractivity (Wildman–Crippen MR) is 104 cm³/mol. The van der Waals surface area contributed by atoms with Crippen molar-refractivity contribution in [3.05, 3.63) is 49.0 Å². The molecule has 0 bridgehead atoms. The molecule has 0 N–H and O–H groups in total. The molecule has 0 aliphatic carbocycles. The van der Waals surface area contributed by atoms with Gasteiger partial charge >= 0.3 is 0 Å². The SMILES string of the molecule is C=C(C=CCCCCCCC)OC(=C)C=CCCCCCCC. The molecule has 0 saturated carbocycles. The number of unbranched alkanes of at least 4 members (excludes halogenated alkanes) is 10. The van der Waals surface area contributed by atoms with Gasteiger partial charge in [-0.3, -0.25) is 0 Å². The van der Waals surface area contributed by atoms with E-state index in [-0.39, 0.29) is 0 Å². The summed E-state index contributed by atoms with van der Waals surface area (Å²) in [5.74, 6) is 1.35. The smallest absolute Gasteiger partial charge is 0.119 e. The molecule has 132 valence electrons. The van der Waals surface area contributed by atoms with Gasteiger partial charge in [-0.05, 0) is 37.8 Å². The summed E-state index contributed by atoms with van der Waals surface area (Å²) in [4.78, 5) is 0. The molecule has 23 heavy (non-hydrogen) atoms. The van der Waals surface area contributed by atoms with Crippen LogP contribution < -0.4 is 0 Å². The third kappa shape index (κ3) is 17.0. The molecule has 0 aromatic carbocycles. The van der Waals surface area contributed by atoms with E-state index in [0.29, 0.717) is 11.5 Å². The summed E-state index contributed by atoms with van der Waals surface area (Å²) in [7, 11) is 0. The zero-order valence-corrected chi connectivity index (χ0v) is 15.6. The van der Waals surface area contributed by atoms with Crippen LogP contribution in [0.15, 0.2) is 49.0 Å². The van der Waals surface area contributed by atoms with E-state index in [0.717, 1.165) is 12.8 Å². The molecular weight excluding hydrogens is 280 g/mol. The highest BCUT2D eigenvalue weighted by molar-refractivity contribution is 5.15. The zero-order chi connectivity index (χ0) is 17.2. The van der Waals surface area contributed by atoms with Crippen LogP contribution in [0.25, 0.3) is 0 Å². The molecule has 0 radical (unpaired) electrons. The van der Waals surface area contributed by atoms with Gasteiger partial charge in [-0.25, -0.2) is 0 Å². The van der Waals surface area contributed by atoms with Crippen LogP contribution in [0.3, 0.4) is 0 Å². The summed E-state index contributed by atoms with van der Waals surface area (Å²) in [5, 5.41) is 0. The quantitative estimate of drug-likeness (QED) is 0.160. The van der Waals surface area contributed by atoms with Crippen LogP contribution in [-0.2, 0) is 4.74 Å². The Morgan fingerprint density at radius 3 is 1.43 bits per heavy atom. The lowest BCUT2D eigenvalue weighted by Gasteiger charge is -2.04. The molecule has 1 nitrogen and oxygen atoms in total. The van der Waals surface area contributed by atoms with E-state index in [1.165, 1.54) is 64.2 Å². The molecule has 0 atom stereocenters. The Labute approximate surface area is 145 Å². The van der Waals surface area contributed by atoms with E-state index in [2.05, 4.69) is 39.2 Å². The molecule has 0 unspecified atom stereocenters. The van der Waals surface area contributed by atoms with Crippen molar-refractivity contribution in [3.8, 4) is 0 Å². The standard InChI is InChI=1S/C22H38O/c1-5-7-9-11-13-15-17-19-21(3)23-22(4)20-18-16-14-12-10-8-6-2/h17-20H,3-16H2,1-2H3. The Balaban J connectivity index is 3.62. The third-order valence-electron chi connectivity index (χ3n) is 3.82. The van der Waals surface area contributed by atoms with E-state index in [9.17, 15) is 0 Å². The maximum atomic E-state index is 5.58. The van der Waals surface area contributed by atoms with E-state index in [1.54, 1.807) is 0 Å². The van der Waals surface area contributed by atoms with Gasteiger partial charge in [-0.2, -0.15) is 0 Å². The van der Waals surface area contributed by atoms with Crippen LogP contribution in [0.5, 0.6) is 0 Å². The summed E-state index contributed by atoms with van der Waals surface area (Å²) in [6.07, 6.45) is 23.6. The molecule has 0 aromatic rings. The zero-order valence-electron chi connectivity index (χ0n) is 15.6. The lowest BCUT2D eigenvalue weighted by molar-refractivity contribution is 0.340. The molecular formula is C22H38O. The Bertz CT molecular complexity index is 315. The van der Waals surface area contributed by atoms with Gasteiger partial charge in [0.25, 0.3) is 0 Å². The fourth-order valence-corrected chi connectivity index (χ4v) is 2.40. The van der Waals surface area contributed by atoms with Crippen LogP contribution in [0.2, 0.25) is 0 Å². The van der Waals surface area contributed by atoms with Gasteiger partial charge in [-0.15, -0.1) is 0 Å². The number of hydrogen-bond acceptors (Lipinski definition) is 1. The van der Waals surface area contributed by atoms with Gasteiger partial charge in [0.1, 0.15) is 11.5 Å². The minimum atomic E-state index is 0.677. The predicted octanol–water partition coefficient (Wildman–Crippen LogP) is 7.86. The Morgan fingerprint density at radius 1 is 0.652 bits per heavy atom. The topological polar surface area (TPSA) is 9.23 Å². The fourth-order valence-electron chi connectivity index (χ4n) is 2.40. The van der Waals surface area contributed by atoms with Crippen LogP contribution in [0.4, 0.5) is 0 Å². The molecule has 0 saturated heterocycles. The fraction of sp³-hybridized carbons (Fsp3) is 0.636. The summed E-state index contributed by atoms with van der Waals surface area (Å²) < 4.78 is 5.58. The molecule has 0 rings (SSSR count). The first-order valence-corrected chi connectivity index (χ1v) is 9.59. The van der Waals surface area contributed by atoms with E-state index >= 15 is 0 Å². The van der Waals surface area contributed by atoms with E-state index in [1.807, 2.05) is 12.2 Å². The monoisotopic (exact) mass is 318 g/mol. The van der Waals surface area contributed by atoms with Crippen molar-refractivity contribution >= 4 is 0 Å². The molecule has 0 aliphatic heterocycles. The van der Waals surface area contributed by atoms with Crippen molar-refractivity contribution in [3.63, 3.8) is 0 Å². The van der Waals surface area contributed by atoms with Crippen molar-refractivity contribution < 1.29 is 4.74 Å².